The normalized spacial score (nSPS) is 11.1. The molecule has 0 amide bonds. The zero-order valence-electron chi connectivity index (χ0n) is 13.4. The molecule has 0 aliphatic rings. The largest absolute Gasteiger partial charge is 0.339 e. The predicted octanol–water partition coefficient (Wildman–Crippen LogP) is 3.93. The highest BCUT2D eigenvalue weighted by Crippen LogP contribution is 2.27. The average molecular weight is 385 g/mol. The van der Waals surface area contributed by atoms with E-state index in [-0.39, 0.29) is 22.3 Å². The van der Waals surface area contributed by atoms with Gasteiger partial charge in [0.05, 0.1) is 15.7 Å². The summed E-state index contributed by atoms with van der Waals surface area (Å²) in [6, 6.07) is 7.71. The maximum absolute atomic E-state index is 11.9. The van der Waals surface area contributed by atoms with E-state index in [1.807, 2.05) is 6.92 Å². The number of unbranched alkanes of at least 4 members (excludes halogenated alkanes) is 1. The Bertz CT molecular complexity index is 856. The summed E-state index contributed by atoms with van der Waals surface area (Å²) in [4.78, 5) is 14.0. The predicted molar refractivity (Wildman–Crippen MR) is 97.9 cm³/mol. The zero-order chi connectivity index (χ0) is 18.4. The van der Waals surface area contributed by atoms with Gasteiger partial charge in [-0.3, -0.25) is 14.8 Å². The van der Waals surface area contributed by atoms with E-state index in [0.29, 0.717) is 17.8 Å². The smallest absolute Gasteiger partial charge is 0.289 e. The van der Waals surface area contributed by atoms with E-state index < -0.39 is 14.9 Å². The van der Waals surface area contributed by atoms with Crippen molar-refractivity contribution in [1.29, 1.82) is 0 Å². The van der Waals surface area contributed by atoms with E-state index in [0.717, 1.165) is 12.6 Å². The fraction of sp³-hybridized carbons (Fsp3) is 0.267. The first-order chi connectivity index (χ1) is 11.8. The van der Waals surface area contributed by atoms with Crippen LogP contribution in [0.15, 0.2) is 36.5 Å². The van der Waals surface area contributed by atoms with E-state index >= 15 is 0 Å². The second-order valence-electron chi connectivity index (χ2n) is 5.26. The van der Waals surface area contributed by atoms with Gasteiger partial charge in [0, 0.05) is 17.4 Å². The number of nitro groups is 1. The lowest BCUT2D eigenvalue weighted by atomic mass is 10.3. The molecular weight excluding hydrogens is 368 g/mol. The Morgan fingerprint density at radius 2 is 1.88 bits per heavy atom. The molecule has 2 aromatic rings. The number of anilines is 3. The lowest BCUT2D eigenvalue weighted by molar-refractivity contribution is -0.385. The molecule has 1 aromatic carbocycles. The molecule has 25 heavy (non-hydrogen) atoms. The summed E-state index contributed by atoms with van der Waals surface area (Å²) in [5, 5.41) is 13.7. The molecule has 10 heteroatoms. The Morgan fingerprint density at radius 3 is 2.44 bits per heavy atom. The Balaban J connectivity index is 2.07. The summed E-state index contributed by atoms with van der Waals surface area (Å²) in [7, 11) is -3.36. The molecule has 8 nitrogen and oxygen atoms in total. The van der Waals surface area contributed by atoms with E-state index in [2.05, 4.69) is 15.0 Å². The number of pyridine rings is 1. The molecule has 1 aromatic heterocycles. The fourth-order valence-electron chi connectivity index (χ4n) is 1.94. The van der Waals surface area contributed by atoms with Crippen molar-refractivity contribution in [3.05, 3.63) is 51.7 Å². The van der Waals surface area contributed by atoms with Crippen LogP contribution in [0.3, 0.4) is 0 Å². The summed E-state index contributed by atoms with van der Waals surface area (Å²) in [5.74, 6) is 0.342. The number of nitrogens with one attached hydrogen (secondary N) is 2. The van der Waals surface area contributed by atoms with Gasteiger partial charge in [-0.05, 0) is 30.7 Å². The molecule has 0 unspecified atom stereocenters. The highest BCUT2D eigenvalue weighted by Gasteiger charge is 2.12. The Labute approximate surface area is 150 Å². The first-order valence-corrected chi connectivity index (χ1v) is 9.51. The topological polar surface area (TPSA) is 114 Å². The van der Waals surface area contributed by atoms with E-state index in [4.69, 9.17) is 11.6 Å². The number of hydrogen-bond acceptors (Lipinski definition) is 6. The van der Waals surface area contributed by atoms with Gasteiger partial charge in [-0.15, -0.1) is 0 Å². The second kappa shape index (κ2) is 8.13. The maximum Gasteiger partial charge on any atom is 0.289 e. The highest BCUT2D eigenvalue weighted by atomic mass is 35.5. The number of halogens is 1. The molecule has 0 aliphatic carbocycles. The fourth-order valence-corrected chi connectivity index (χ4v) is 3.42. The molecule has 0 bridgehead atoms. The SMILES string of the molecule is CCCCS(=O)(=O)Nc1ccc(Nc2ncc([N+](=O)[O-])cc2Cl)cc1. The molecule has 0 fully saturated rings. The maximum atomic E-state index is 11.9. The number of sulfonamides is 1. The third kappa shape index (κ3) is 5.57. The van der Waals surface area contributed by atoms with Crippen molar-refractivity contribution < 1.29 is 13.3 Å². The lowest BCUT2D eigenvalue weighted by Gasteiger charge is -2.10. The van der Waals surface area contributed by atoms with Crippen LogP contribution in [0.4, 0.5) is 22.9 Å². The molecule has 2 rings (SSSR count). The Morgan fingerprint density at radius 1 is 1.24 bits per heavy atom. The number of aromatic nitrogens is 1. The molecule has 0 aliphatic heterocycles. The van der Waals surface area contributed by atoms with Gasteiger partial charge in [0.15, 0.2) is 0 Å². The summed E-state index contributed by atoms with van der Waals surface area (Å²) < 4.78 is 26.2. The first kappa shape index (κ1) is 18.9. The van der Waals surface area contributed by atoms with Crippen molar-refractivity contribution in [3.8, 4) is 0 Å². The summed E-state index contributed by atoms with van der Waals surface area (Å²) in [6.07, 6.45) is 2.50. The third-order valence-electron chi connectivity index (χ3n) is 3.23. The summed E-state index contributed by atoms with van der Waals surface area (Å²) >= 11 is 5.97. The van der Waals surface area contributed by atoms with Gasteiger partial charge < -0.3 is 5.32 Å². The Hall–Kier alpha value is -2.39. The molecule has 0 spiro atoms. The molecule has 134 valence electrons. The van der Waals surface area contributed by atoms with Crippen molar-refractivity contribution in [2.45, 2.75) is 19.8 Å². The number of rotatable bonds is 8. The summed E-state index contributed by atoms with van der Waals surface area (Å²) in [5.41, 5.74) is 0.858. The summed E-state index contributed by atoms with van der Waals surface area (Å²) in [6.45, 7) is 1.92. The van der Waals surface area contributed by atoms with Crippen LogP contribution >= 0.6 is 11.6 Å². The minimum absolute atomic E-state index is 0.0752. The highest BCUT2D eigenvalue weighted by molar-refractivity contribution is 7.92. The van der Waals surface area contributed by atoms with Gasteiger partial charge in [0.25, 0.3) is 5.69 Å². The van der Waals surface area contributed by atoms with Gasteiger partial charge in [0.2, 0.25) is 10.0 Å². The first-order valence-electron chi connectivity index (χ1n) is 7.48. The van der Waals surface area contributed by atoms with Crippen LogP contribution in [0.2, 0.25) is 5.02 Å². The third-order valence-corrected chi connectivity index (χ3v) is 4.89. The molecule has 0 saturated heterocycles. The van der Waals surface area contributed by atoms with Crippen LogP contribution in [0.1, 0.15) is 19.8 Å². The van der Waals surface area contributed by atoms with Crippen LogP contribution in [-0.4, -0.2) is 24.1 Å². The van der Waals surface area contributed by atoms with Gasteiger partial charge in [-0.25, -0.2) is 13.4 Å². The molecule has 2 N–H and O–H groups in total. The van der Waals surface area contributed by atoms with Crippen LogP contribution in [0.5, 0.6) is 0 Å². The standard InChI is InChI=1S/C15H17ClN4O4S/c1-2-3-8-25(23,24)19-12-6-4-11(5-7-12)18-15-14(16)9-13(10-17-15)20(21)22/h4-7,9-10,19H,2-3,8H2,1H3,(H,17,18). The number of benzene rings is 1. The number of nitrogens with zero attached hydrogens (tertiary/aromatic N) is 2. The van der Waals surface area contributed by atoms with Gasteiger partial charge >= 0.3 is 0 Å². The van der Waals surface area contributed by atoms with Crippen molar-refractivity contribution in [2.24, 2.45) is 0 Å². The van der Waals surface area contributed by atoms with Gasteiger partial charge in [-0.2, -0.15) is 0 Å². The molecule has 0 radical (unpaired) electrons. The van der Waals surface area contributed by atoms with Crippen molar-refractivity contribution in [2.75, 3.05) is 15.8 Å². The molecular formula is C15H17ClN4O4S. The van der Waals surface area contributed by atoms with Crippen LogP contribution < -0.4 is 10.0 Å². The van der Waals surface area contributed by atoms with Gasteiger partial charge in [0.1, 0.15) is 12.0 Å². The molecule has 1 heterocycles. The van der Waals surface area contributed by atoms with E-state index in [1.165, 1.54) is 6.07 Å². The van der Waals surface area contributed by atoms with Crippen molar-refractivity contribution >= 4 is 44.5 Å². The van der Waals surface area contributed by atoms with Crippen LogP contribution in [0.25, 0.3) is 0 Å². The molecule has 0 saturated carbocycles. The minimum Gasteiger partial charge on any atom is -0.339 e. The van der Waals surface area contributed by atoms with Gasteiger partial charge in [-0.1, -0.05) is 24.9 Å². The second-order valence-corrected chi connectivity index (χ2v) is 7.51. The quantitative estimate of drug-likeness (QED) is 0.526. The van der Waals surface area contributed by atoms with Crippen molar-refractivity contribution in [3.63, 3.8) is 0 Å². The molecule has 0 atom stereocenters. The van der Waals surface area contributed by atoms with Crippen molar-refractivity contribution in [1.82, 2.24) is 4.98 Å². The Kier molecular flexibility index (Phi) is 6.16. The van der Waals surface area contributed by atoms with E-state index in [1.54, 1.807) is 24.3 Å². The minimum atomic E-state index is -3.36. The van der Waals surface area contributed by atoms with Crippen LogP contribution in [-0.2, 0) is 10.0 Å². The van der Waals surface area contributed by atoms with E-state index in [9.17, 15) is 18.5 Å². The monoisotopic (exact) mass is 384 g/mol. The number of hydrogen-bond donors (Lipinski definition) is 2. The van der Waals surface area contributed by atoms with Crippen LogP contribution in [0, 0.1) is 10.1 Å². The average Bonchev–Trinajstić information content (AvgIpc) is 2.56. The lowest BCUT2D eigenvalue weighted by Crippen LogP contribution is -2.16. The zero-order valence-corrected chi connectivity index (χ0v) is 15.0.